The predicted octanol–water partition coefficient (Wildman–Crippen LogP) is 5.72. The van der Waals surface area contributed by atoms with Crippen LogP contribution in [0.4, 0.5) is 5.13 Å². The summed E-state index contributed by atoms with van der Waals surface area (Å²) in [7, 11) is 0. The molecule has 0 amide bonds. The first-order chi connectivity index (χ1) is 16.2. The zero-order chi connectivity index (χ0) is 24.3. The van der Waals surface area contributed by atoms with Crippen LogP contribution in [0.3, 0.4) is 0 Å². The van der Waals surface area contributed by atoms with Crippen molar-refractivity contribution >= 4 is 39.0 Å². The summed E-state index contributed by atoms with van der Waals surface area (Å²) in [5.41, 5.74) is 1.77. The average molecular weight is 505 g/mol. The van der Waals surface area contributed by atoms with Gasteiger partial charge in [-0.25, -0.2) is 9.97 Å². The lowest BCUT2D eigenvalue weighted by Gasteiger charge is -2.26. The monoisotopic (exact) mass is 504 g/mol. The number of hydrogen-bond donors (Lipinski definition) is 1. The van der Waals surface area contributed by atoms with Gasteiger partial charge in [0.25, 0.3) is 0 Å². The lowest BCUT2D eigenvalue weighted by Crippen LogP contribution is -2.38. The number of hydrogen-bond acceptors (Lipinski definition) is 8. The van der Waals surface area contributed by atoms with E-state index in [1.807, 2.05) is 44.4 Å². The fourth-order valence-electron chi connectivity index (χ4n) is 3.68. The van der Waals surface area contributed by atoms with Crippen molar-refractivity contribution in [3.8, 4) is 22.9 Å². The van der Waals surface area contributed by atoms with Gasteiger partial charge in [0.05, 0.1) is 24.4 Å². The molecule has 0 spiro atoms. The number of morpholine rings is 1. The summed E-state index contributed by atoms with van der Waals surface area (Å²) in [5, 5.41) is 7.53. The Kier molecular flexibility index (Phi) is 7.82. The van der Waals surface area contributed by atoms with Crippen LogP contribution in [-0.2, 0) is 4.74 Å². The van der Waals surface area contributed by atoms with Crippen molar-refractivity contribution in [1.29, 1.82) is 0 Å². The molecule has 1 saturated heterocycles. The van der Waals surface area contributed by atoms with Gasteiger partial charge in [-0.1, -0.05) is 11.6 Å². The molecule has 2 aromatic heterocycles. The molecule has 1 N–H and O–H groups in total. The van der Waals surface area contributed by atoms with Gasteiger partial charge in [-0.05, 0) is 46.8 Å². The largest absolute Gasteiger partial charge is 0.491 e. The molecule has 34 heavy (non-hydrogen) atoms. The highest BCUT2D eigenvalue weighted by molar-refractivity contribution is 7.14. The molecular formula is C25H33ClN4O3S. The summed E-state index contributed by atoms with van der Waals surface area (Å²) in [6.45, 7) is 15.0. The van der Waals surface area contributed by atoms with Crippen molar-refractivity contribution in [1.82, 2.24) is 14.9 Å². The summed E-state index contributed by atoms with van der Waals surface area (Å²) in [5.74, 6) is 1.34. The van der Waals surface area contributed by atoms with E-state index in [0.29, 0.717) is 34.6 Å². The molecule has 4 rings (SSSR count). The number of pyridine rings is 1. The van der Waals surface area contributed by atoms with Gasteiger partial charge in [0, 0.05) is 42.5 Å². The quantitative estimate of drug-likeness (QED) is 0.420. The van der Waals surface area contributed by atoms with E-state index in [0.717, 1.165) is 54.8 Å². The summed E-state index contributed by atoms with van der Waals surface area (Å²) in [6, 6.07) is 6.11. The summed E-state index contributed by atoms with van der Waals surface area (Å²) in [6.07, 6.45) is 0. The lowest BCUT2D eigenvalue weighted by atomic mass is 10.1. The normalized spacial score (nSPS) is 15.1. The standard InChI is InChI=1S/C25H33ClN4O3S/c1-16(2)27-24-29-19(15-34-24)18-14-21(33-25(3,4)5)17-6-7-20(22(26)23(17)28-18)32-13-10-30-8-11-31-12-9-30/h6-7,14-16H,8-13H2,1-5H3,(H,27,29). The molecule has 3 heterocycles. The van der Waals surface area contributed by atoms with Crippen molar-refractivity contribution in [2.45, 2.75) is 46.3 Å². The number of anilines is 1. The SMILES string of the molecule is CC(C)Nc1nc(-c2cc(OC(C)(C)C)c3ccc(OCCN4CCOCC4)c(Cl)c3n2)cs1. The van der Waals surface area contributed by atoms with E-state index in [2.05, 4.69) is 24.1 Å². The van der Waals surface area contributed by atoms with Gasteiger partial charge < -0.3 is 19.5 Å². The lowest BCUT2D eigenvalue weighted by molar-refractivity contribution is 0.0322. The molecule has 1 aromatic carbocycles. The minimum Gasteiger partial charge on any atom is -0.491 e. The molecule has 9 heteroatoms. The number of fused-ring (bicyclic) bond motifs is 1. The average Bonchev–Trinajstić information content (AvgIpc) is 3.23. The molecule has 1 aliphatic heterocycles. The van der Waals surface area contributed by atoms with Crippen molar-refractivity contribution in [2.75, 3.05) is 44.8 Å². The first kappa shape index (κ1) is 25.0. The Morgan fingerprint density at radius 3 is 2.62 bits per heavy atom. The van der Waals surface area contributed by atoms with Crippen LogP contribution in [0.2, 0.25) is 5.02 Å². The van der Waals surface area contributed by atoms with Gasteiger partial charge >= 0.3 is 0 Å². The fraction of sp³-hybridized carbons (Fsp3) is 0.520. The van der Waals surface area contributed by atoms with Crippen LogP contribution in [-0.4, -0.2) is 66.0 Å². The summed E-state index contributed by atoms with van der Waals surface area (Å²) < 4.78 is 17.8. The van der Waals surface area contributed by atoms with E-state index >= 15 is 0 Å². The van der Waals surface area contributed by atoms with Gasteiger partial charge in [0.15, 0.2) is 5.13 Å². The van der Waals surface area contributed by atoms with Crippen molar-refractivity contribution < 1.29 is 14.2 Å². The Labute approximate surface area is 210 Å². The number of nitrogens with zero attached hydrogens (tertiary/aromatic N) is 3. The predicted molar refractivity (Wildman–Crippen MR) is 140 cm³/mol. The number of nitrogens with one attached hydrogen (secondary N) is 1. The van der Waals surface area contributed by atoms with Crippen LogP contribution in [0, 0.1) is 0 Å². The second-order valence-electron chi connectivity index (χ2n) is 9.63. The van der Waals surface area contributed by atoms with E-state index in [-0.39, 0.29) is 5.60 Å². The van der Waals surface area contributed by atoms with Crippen LogP contribution in [0.1, 0.15) is 34.6 Å². The molecule has 0 atom stereocenters. The van der Waals surface area contributed by atoms with Crippen LogP contribution in [0.25, 0.3) is 22.3 Å². The highest BCUT2D eigenvalue weighted by atomic mass is 35.5. The maximum absolute atomic E-state index is 6.83. The first-order valence-corrected chi connectivity index (χ1v) is 12.9. The van der Waals surface area contributed by atoms with Gasteiger partial charge in [0.2, 0.25) is 0 Å². The third-order valence-electron chi connectivity index (χ3n) is 5.21. The molecule has 0 bridgehead atoms. The molecule has 0 unspecified atom stereocenters. The fourth-order valence-corrected chi connectivity index (χ4v) is 4.79. The number of halogens is 1. The molecule has 7 nitrogen and oxygen atoms in total. The number of thiazole rings is 1. The molecule has 3 aromatic rings. The maximum Gasteiger partial charge on any atom is 0.183 e. The number of benzene rings is 1. The van der Waals surface area contributed by atoms with Crippen molar-refractivity contribution in [3.05, 3.63) is 28.6 Å². The summed E-state index contributed by atoms with van der Waals surface area (Å²) in [4.78, 5) is 11.9. The Morgan fingerprint density at radius 1 is 1.15 bits per heavy atom. The minimum atomic E-state index is -0.377. The van der Waals surface area contributed by atoms with Gasteiger partial charge in [-0.3, -0.25) is 4.90 Å². The van der Waals surface area contributed by atoms with E-state index < -0.39 is 0 Å². The van der Waals surface area contributed by atoms with Crippen molar-refractivity contribution in [3.63, 3.8) is 0 Å². The van der Waals surface area contributed by atoms with Crippen LogP contribution >= 0.6 is 22.9 Å². The Morgan fingerprint density at radius 2 is 1.91 bits per heavy atom. The van der Waals surface area contributed by atoms with Gasteiger partial charge in [-0.2, -0.15) is 0 Å². The molecule has 184 valence electrons. The Balaban J connectivity index is 1.65. The second kappa shape index (κ2) is 10.6. The zero-order valence-corrected chi connectivity index (χ0v) is 22.1. The van der Waals surface area contributed by atoms with E-state index in [1.165, 1.54) is 0 Å². The molecule has 1 fully saturated rings. The molecule has 0 aliphatic carbocycles. The molecule has 1 aliphatic rings. The van der Waals surface area contributed by atoms with Crippen LogP contribution in [0.5, 0.6) is 11.5 Å². The molecule has 0 radical (unpaired) electrons. The number of rotatable bonds is 8. The third kappa shape index (κ3) is 6.30. The number of aromatic nitrogens is 2. The van der Waals surface area contributed by atoms with E-state index in [1.54, 1.807) is 11.3 Å². The first-order valence-electron chi connectivity index (χ1n) is 11.7. The van der Waals surface area contributed by atoms with Gasteiger partial charge in [0.1, 0.15) is 34.4 Å². The van der Waals surface area contributed by atoms with Crippen LogP contribution in [0.15, 0.2) is 23.6 Å². The van der Waals surface area contributed by atoms with Crippen LogP contribution < -0.4 is 14.8 Å². The van der Waals surface area contributed by atoms with E-state index in [4.69, 9.17) is 35.8 Å². The smallest absolute Gasteiger partial charge is 0.183 e. The van der Waals surface area contributed by atoms with Crippen molar-refractivity contribution in [2.24, 2.45) is 0 Å². The Bertz CT molecular complexity index is 1120. The minimum absolute atomic E-state index is 0.301. The Hall–Kier alpha value is -2.13. The second-order valence-corrected chi connectivity index (χ2v) is 10.9. The molecular weight excluding hydrogens is 472 g/mol. The molecule has 0 saturated carbocycles. The topological polar surface area (TPSA) is 68.7 Å². The highest BCUT2D eigenvalue weighted by Gasteiger charge is 2.20. The highest BCUT2D eigenvalue weighted by Crippen LogP contribution is 2.39. The van der Waals surface area contributed by atoms with E-state index in [9.17, 15) is 0 Å². The van der Waals surface area contributed by atoms with Gasteiger partial charge in [-0.15, -0.1) is 11.3 Å². The summed E-state index contributed by atoms with van der Waals surface area (Å²) >= 11 is 8.39. The number of ether oxygens (including phenoxy) is 3. The zero-order valence-electron chi connectivity index (χ0n) is 20.5. The maximum atomic E-state index is 6.83. The third-order valence-corrected chi connectivity index (χ3v) is 6.35.